The van der Waals surface area contributed by atoms with Crippen molar-refractivity contribution >= 4 is 12.4 Å². The summed E-state index contributed by atoms with van der Waals surface area (Å²) in [5, 5.41) is 3.33. The van der Waals surface area contributed by atoms with Gasteiger partial charge >= 0.3 is 0 Å². The van der Waals surface area contributed by atoms with Crippen LogP contribution in [0.15, 0.2) is 24.3 Å². The summed E-state index contributed by atoms with van der Waals surface area (Å²) in [4.78, 5) is 0. The Labute approximate surface area is 84.7 Å². The highest BCUT2D eigenvalue weighted by Gasteiger charge is 2.11. The molecular weight excluding hydrogens is 186 g/mol. The molecule has 1 N–H and O–H groups in total. The van der Waals surface area contributed by atoms with Gasteiger partial charge in [0.25, 0.3) is 0 Å². The standard InChI is InChI=1S/C10H13NO.ClH/c1-8-6-11-7-9-4-2-3-5-10(9)12-8;/h2-5,8,11H,6-7H2,1H3;1H/t8-;/m1./s1. The van der Waals surface area contributed by atoms with Gasteiger partial charge in [0.2, 0.25) is 0 Å². The largest absolute Gasteiger partial charge is 0.489 e. The van der Waals surface area contributed by atoms with Crippen LogP contribution >= 0.6 is 12.4 Å². The highest BCUT2D eigenvalue weighted by molar-refractivity contribution is 5.85. The summed E-state index contributed by atoms with van der Waals surface area (Å²) in [7, 11) is 0. The van der Waals surface area contributed by atoms with Crippen molar-refractivity contribution in [2.45, 2.75) is 19.6 Å². The van der Waals surface area contributed by atoms with E-state index in [1.54, 1.807) is 0 Å². The monoisotopic (exact) mass is 199 g/mol. The van der Waals surface area contributed by atoms with Gasteiger partial charge in [-0.15, -0.1) is 12.4 Å². The Morgan fingerprint density at radius 3 is 3.00 bits per heavy atom. The molecule has 3 heteroatoms. The average molecular weight is 200 g/mol. The second kappa shape index (κ2) is 4.49. The molecule has 2 nitrogen and oxygen atoms in total. The van der Waals surface area contributed by atoms with Gasteiger partial charge in [0.15, 0.2) is 0 Å². The quantitative estimate of drug-likeness (QED) is 0.690. The van der Waals surface area contributed by atoms with Gasteiger partial charge in [-0.3, -0.25) is 0 Å². The van der Waals surface area contributed by atoms with E-state index in [0.717, 1.165) is 18.8 Å². The van der Waals surface area contributed by atoms with Crippen LogP contribution in [0.1, 0.15) is 12.5 Å². The zero-order chi connectivity index (χ0) is 8.39. The molecule has 0 bridgehead atoms. The van der Waals surface area contributed by atoms with E-state index in [1.807, 2.05) is 18.2 Å². The Balaban J connectivity index is 0.000000845. The van der Waals surface area contributed by atoms with Crippen LogP contribution in [-0.2, 0) is 6.54 Å². The second-order valence-electron chi connectivity index (χ2n) is 3.17. The highest BCUT2D eigenvalue weighted by Crippen LogP contribution is 2.20. The molecule has 1 heterocycles. The summed E-state index contributed by atoms with van der Waals surface area (Å²) in [6.45, 7) is 3.92. The normalized spacial score (nSPS) is 20.5. The minimum Gasteiger partial charge on any atom is -0.489 e. The molecule has 0 saturated heterocycles. The van der Waals surface area contributed by atoms with Crippen molar-refractivity contribution in [3.63, 3.8) is 0 Å². The van der Waals surface area contributed by atoms with Crippen LogP contribution in [0, 0.1) is 0 Å². The van der Waals surface area contributed by atoms with Crippen molar-refractivity contribution in [2.24, 2.45) is 0 Å². The Morgan fingerprint density at radius 1 is 1.38 bits per heavy atom. The molecule has 1 aromatic rings. The number of benzene rings is 1. The van der Waals surface area contributed by atoms with Crippen molar-refractivity contribution in [1.82, 2.24) is 5.32 Å². The smallest absolute Gasteiger partial charge is 0.124 e. The minimum absolute atomic E-state index is 0. The number of fused-ring (bicyclic) bond motifs is 1. The fraction of sp³-hybridized carbons (Fsp3) is 0.400. The summed E-state index contributed by atoms with van der Waals surface area (Å²) < 4.78 is 5.69. The maximum absolute atomic E-state index is 5.69. The van der Waals surface area contributed by atoms with Gasteiger partial charge in [0.1, 0.15) is 11.9 Å². The zero-order valence-electron chi connectivity index (χ0n) is 7.62. The number of halogens is 1. The molecule has 0 fully saturated rings. The van der Waals surface area contributed by atoms with Crippen LogP contribution < -0.4 is 10.1 Å². The van der Waals surface area contributed by atoms with Crippen LogP contribution in [0.5, 0.6) is 5.75 Å². The number of para-hydroxylation sites is 1. The topological polar surface area (TPSA) is 21.3 Å². The van der Waals surface area contributed by atoms with E-state index in [2.05, 4.69) is 18.3 Å². The first-order valence-electron chi connectivity index (χ1n) is 4.31. The van der Waals surface area contributed by atoms with Gasteiger partial charge in [-0.25, -0.2) is 0 Å². The van der Waals surface area contributed by atoms with Crippen LogP contribution in [0.25, 0.3) is 0 Å². The van der Waals surface area contributed by atoms with Crippen LogP contribution in [-0.4, -0.2) is 12.6 Å². The van der Waals surface area contributed by atoms with Gasteiger partial charge in [0, 0.05) is 18.7 Å². The van der Waals surface area contributed by atoms with Gasteiger partial charge in [-0.2, -0.15) is 0 Å². The summed E-state index contributed by atoms with van der Waals surface area (Å²) in [5.74, 6) is 1.02. The molecule has 2 rings (SSSR count). The lowest BCUT2D eigenvalue weighted by Crippen LogP contribution is -2.24. The molecular formula is C10H14ClNO. The highest BCUT2D eigenvalue weighted by atomic mass is 35.5. The molecule has 0 radical (unpaired) electrons. The number of hydrogen-bond donors (Lipinski definition) is 1. The van der Waals surface area contributed by atoms with E-state index in [1.165, 1.54) is 5.56 Å². The lowest BCUT2D eigenvalue weighted by molar-refractivity contribution is 0.226. The van der Waals surface area contributed by atoms with Crippen molar-refractivity contribution in [3.05, 3.63) is 29.8 Å². The van der Waals surface area contributed by atoms with Crippen molar-refractivity contribution in [2.75, 3.05) is 6.54 Å². The summed E-state index contributed by atoms with van der Waals surface area (Å²) in [6.07, 6.45) is 0.272. The molecule has 0 unspecified atom stereocenters. The third-order valence-electron chi connectivity index (χ3n) is 2.05. The fourth-order valence-corrected chi connectivity index (χ4v) is 1.43. The number of rotatable bonds is 0. The summed E-state index contributed by atoms with van der Waals surface area (Å²) >= 11 is 0. The molecule has 0 saturated carbocycles. The fourth-order valence-electron chi connectivity index (χ4n) is 1.43. The summed E-state index contributed by atoms with van der Waals surface area (Å²) in [5.41, 5.74) is 1.25. The first kappa shape index (κ1) is 10.4. The average Bonchev–Trinajstić information content (AvgIpc) is 2.25. The van der Waals surface area contributed by atoms with E-state index < -0.39 is 0 Å². The van der Waals surface area contributed by atoms with Gasteiger partial charge in [0.05, 0.1) is 0 Å². The van der Waals surface area contributed by atoms with Gasteiger partial charge < -0.3 is 10.1 Å². The van der Waals surface area contributed by atoms with E-state index in [-0.39, 0.29) is 18.5 Å². The SMILES string of the molecule is C[C@@H]1CNCc2ccccc2O1.Cl. The lowest BCUT2D eigenvalue weighted by Gasteiger charge is -2.11. The van der Waals surface area contributed by atoms with Crippen LogP contribution in [0.3, 0.4) is 0 Å². The van der Waals surface area contributed by atoms with Gasteiger partial charge in [-0.1, -0.05) is 18.2 Å². The third-order valence-corrected chi connectivity index (χ3v) is 2.05. The van der Waals surface area contributed by atoms with Crippen molar-refractivity contribution in [1.29, 1.82) is 0 Å². The number of ether oxygens (including phenoxy) is 1. The Bertz CT molecular complexity index is 277. The number of nitrogens with one attached hydrogen (secondary N) is 1. The minimum atomic E-state index is 0. The van der Waals surface area contributed by atoms with Crippen molar-refractivity contribution < 1.29 is 4.74 Å². The molecule has 1 atom stereocenters. The molecule has 1 aliphatic heterocycles. The Kier molecular flexibility index (Phi) is 3.58. The molecule has 0 aliphatic carbocycles. The van der Waals surface area contributed by atoms with Crippen LogP contribution in [0.2, 0.25) is 0 Å². The number of hydrogen-bond acceptors (Lipinski definition) is 2. The Hall–Kier alpha value is -0.730. The maximum Gasteiger partial charge on any atom is 0.124 e. The molecule has 0 spiro atoms. The van der Waals surface area contributed by atoms with E-state index in [9.17, 15) is 0 Å². The van der Waals surface area contributed by atoms with Crippen LogP contribution in [0.4, 0.5) is 0 Å². The molecule has 0 amide bonds. The first-order chi connectivity index (χ1) is 5.86. The lowest BCUT2D eigenvalue weighted by atomic mass is 10.2. The van der Waals surface area contributed by atoms with Gasteiger partial charge in [-0.05, 0) is 13.0 Å². The molecule has 72 valence electrons. The predicted molar refractivity (Wildman–Crippen MR) is 55.5 cm³/mol. The van der Waals surface area contributed by atoms with E-state index >= 15 is 0 Å². The molecule has 13 heavy (non-hydrogen) atoms. The molecule has 1 aliphatic rings. The van der Waals surface area contributed by atoms with E-state index in [4.69, 9.17) is 4.74 Å². The molecule has 0 aromatic heterocycles. The zero-order valence-corrected chi connectivity index (χ0v) is 8.43. The first-order valence-corrected chi connectivity index (χ1v) is 4.31. The van der Waals surface area contributed by atoms with Crippen molar-refractivity contribution in [3.8, 4) is 5.75 Å². The molecule has 1 aromatic carbocycles. The third kappa shape index (κ3) is 2.36. The predicted octanol–water partition coefficient (Wildman–Crippen LogP) is 1.98. The van der Waals surface area contributed by atoms with E-state index in [0.29, 0.717) is 0 Å². The summed E-state index contributed by atoms with van der Waals surface area (Å²) in [6, 6.07) is 8.18. The maximum atomic E-state index is 5.69. The Morgan fingerprint density at radius 2 is 2.15 bits per heavy atom. The second-order valence-corrected chi connectivity index (χ2v) is 3.17.